The summed E-state index contributed by atoms with van der Waals surface area (Å²) in [6.45, 7) is 5.36. The summed E-state index contributed by atoms with van der Waals surface area (Å²) >= 11 is 0. The number of hydrogen-bond acceptors (Lipinski definition) is 7. The minimum Gasteiger partial charge on any atom is -0.466 e. The highest BCUT2D eigenvalue weighted by molar-refractivity contribution is 5.98. The number of hydrogen-bond donors (Lipinski definition) is 0. The summed E-state index contributed by atoms with van der Waals surface area (Å²) in [5.41, 5.74) is 1.33. The lowest BCUT2D eigenvalue weighted by Crippen LogP contribution is -2.50. The van der Waals surface area contributed by atoms with E-state index in [0.29, 0.717) is 54.9 Å². The Balaban J connectivity index is 1.29. The molecule has 2 atom stereocenters. The second-order valence-electron chi connectivity index (χ2n) is 8.80. The van der Waals surface area contributed by atoms with Gasteiger partial charge in [-0.25, -0.2) is 0 Å². The van der Waals surface area contributed by atoms with Crippen LogP contribution in [0.2, 0.25) is 0 Å². The number of furan rings is 1. The highest BCUT2D eigenvalue weighted by atomic mass is 16.5. The fraction of sp³-hybridized carbons (Fsp3) is 0.458. The lowest BCUT2D eigenvalue weighted by atomic mass is 9.97. The van der Waals surface area contributed by atoms with Gasteiger partial charge in [0, 0.05) is 37.6 Å². The van der Waals surface area contributed by atoms with Crippen molar-refractivity contribution in [3.8, 4) is 11.4 Å². The summed E-state index contributed by atoms with van der Waals surface area (Å²) in [6.07, 6.45) is 6.60. The molecule has 9 nitrogen and oxygen atoms in total. The van der Waals surface area contributed by atoms with Crippen LogP contribution < -0.4 is 0 Å². The number of carbonyl (C=O) groups is 2. The zero-order chi connectivity index (χ0) is 22.9. The zero-order valence-electron chi connectivity index (χ0n) is 18.9. The van der Waals surface area contributed by atoms with E-state index in [0.717, 1.165) is 24.8 Å². The molecule has 172 valence electrons. The van der Waals surface area contributed by atoms with Gasteiger partial charge in [-0.3, -0.25) is 14.6 Å². The quantitative estimate of drug-likeness (QED) is 0.601. The molecule has 2 aliphatic heterocycles. The van der Waals surface area contributed by atoms with E-state index < -0.39 is 6.04 Å². The third kappa shape index (κ3) is 4.15. The van der Waals surface area contributed by atoms with Crippen molar-refractivity contribution in [3.63, 3.8) is 0 Å². The van der Waals surface area contributed by atoms with E-state index in [1.54, 1.807) is 30.3 Å². The van der Waals surface area contributed by atoms with Gasteiger partial charge in [-0.1, -0.05) is 5.16 Å². The molecule has 0 aromatic carbocycles. The van der Waals surface area contributed by atoms with Crippen LogP contribution in [0.5, 0.6) is 0 Å². The first-order valence-electron chi connectivity index (χ1n) is 11.4. The van der Waals surface area contributed by atoms with Crippen LogP contribution in [0.25, 0.3) is 11.4 Å². The predicted octanol–water partition coefficient (Wildman–Crippen LogP) is 3.35. The van der Waals surface area contributed by atoms with Gasteiger partial charge < -0.3 is 18.7 Å². The Morgan fingerprint density at radius 2 is 2.00 bits per heavy atom. The van der Waals surface area contributed by atoms with Gasteiger partial charge in [-0.15, -0.1) is 0 Å². The van der Waals surface area contributed by atoms with Crippen LogP contribution in [0.15, 0.2) is 39.5 Å². The van der Waals surface area contributed by atoms with Crippen molar-refractivity contribution < 1.29 is 18.5 Å². The molecule has 33 heavy (non-hydrogen) atoms. The molecule has 0 unspecified atom stereocenters. The molecule has 0 N–H and O–H groups in total. The Morgan fingerprint density at radius 1 is 1.15 bits per heavy atom. The van der Waals surface area contributed by atoms with E-state index >= 15 is 0 Å². The Hall–Kier alpha value is -3.49. The standard InChI is InChI=1S/C24H27N5O4/c1-15-12-19(16(2)32-15)23(30)29-11-5-8-20(29)24(31)28-10-4-7-18(14-28)22-26-21(27-33-22)17-6-3-9-25-13-17/h3,6,9,12-13,18,20H,4-5,7-8,10-11,14H2,1-2H3/t18-,20-/m0/s1. The number of aryl methyl sites for hydroxylation is 2. The Labute approximate surface area is 191 Å². The molecule has 0 saturated carbocycles. The van der Waals surface area contributed by atoms with Crippen LogP contribution in [-0.2, 0) is 4.79 Å². The average molecular weight is 450 g/mol. The van der Waals surface area contributed by atoms with Crippen LogP contribution in [0.3, 0.4) is 0 Å². The number of carbonyl (C=O) groups excluding carboxylic acids is 2. The van der Waals surface area contributed by atoms with Gasteiger partial charge in [0.15, 0.2) is 0 Å². The number of aromatic nitrogens is 3. The maximum atomic E-state index is 13.5. The first-order chi connectivity index (χ1) is 16.0. The minimum atomic E-state index is -0.445. The number of piperidine rings is 1. The van der Waals surface area contributed by atoms with Crippen molar-refractivity contribution in [2.75, 3.05) is 19.6 Å². The summed E-state index contributed by atoms with van der Waals surface area (Å²) in [6, 6.07) is 5.02. The molecule has 5 rings (SSSR count). The second kappa shape index (κ2) is 8.80. The number of rotatable bonds is 4. The van der Waals surface area contributed by atoms with Gasteiger partial charge in [0.2, 0.25) is 17.6 Å². The first kappa shape index (κ1) is 21.4. The van der Waals surface area contributed by atoms with Gasteiger partial charge in [-0.2, -0.15) is 4.98 Å². The van der Waals surface area contributed by atoms with Gasteiger partial charge in [0.25, 0.3) is 5.91 Å². The number of nitrogens with zero attached hydrogens (tertiary/aromatic N) is 5. The zero-order valence-corrected chi connectivity index (χ0v) is 18.9. The van der Waals surface area contributed by atoms with E-state index in [4.69, 9.17) is 8.94 Å². The normalized spacial score (nSPS) is 20.9. The lowest BCUT2D eigenvalue weighted by Gasteiger charge is -2.35. The van der Waals surface area contributed by atoms with Crippen molar-refractivity contribution >= 4 is 11.8 Å². The van der Waals surface area contributed by atoms with E-state index in [2.05, 4.69) is 15.1 Å². The highest BCUT2D eigenvalue weighted by Gasteiger charge is 2.39. The highest BCUT2D eigenvalue weighted by Crippen LogP contribution is 2.30. The van der Waals surface area contributed by atoms with Crippen LogP contribution in [0, 0.1) is 13.8 Å². The molecule has 0 bridgehead atoms. The summed E-state index contributed by atoms with van der Waals surface area (Å²) < 4.78 is 11.1. The largest absolute Gasteiger partial charge is 0.466 e. The summed E-state index contributed by atoms with van der Waals surface area (Å²) in [4.78, 5) is 38.8. The first-order valence-corrected chi connectivity index (χ1v) is 11.4. The fourth-order valence-electron chi connectivity index (χ4n) is 4.87. The Morgan fingerprint density at radius 3 is 2.76 bits per heavy atom. The van der Waals surface area contributed by atoms with Crippen LogP contribution >= 0.6 is 0 Å². The maximum absolute atomic E-state index is 13.5. The third-order valence-electron chi connectivity index (χ3n) is 6.51. The molecular formula is C24H27N5O4. The van der Waals surface area contributed by atoms with E-state index in [1.807, 2.05) is 24.0 Å². The smallest absolute Gasteiger partial charge is 0.258 e. The van der Waals surface area contributed by atoms with Gasteiger partial charge >= 0.3 is 0 Å². The topological polar surface area (TPSA) is 106 Å². The van der Waals surface area contributed by atoms with Crippen molar-refractivity contribution in [1.29, 1.82) is 0 Å². The van der Waals surface area contributed by atoms with Crippen LogP contribution in [-0.4, -0.2) is 62.4 Å². The molecule has 0 spiro atoms. The fourth-order valence-corrected chi connectivity index (χ4v) is 4.87. The average Bonchev–Trinajstić information content (AvgIpc) is 3.59. The molecule has 3 aromatic heterocycles. The molecule has 0 radical (unpaired) electrons. The molecule has 9 heteroatoms. The number of amides is 2. The minimum absolute atomic E-state index is 0.00424. The van der Waals surface area contributed by atoms with Crippen molar-refractivity contribution in [3.05, 3.63) is 53.6 Å². The van der Waals surface area contributed by atoms with Crippen molar-refractivity contribution in [2.45, 2.75) is 51.5 Å². The van der Waals surface area contributed by atoms with Crippen LogP contribution in [0.1, 0.15) is 59.4 Å². The number of pyridine rings is 1. The van der Waals surface area contributed by atoms with Crippen molar-refractivity contribution in [2.24, 2.45) is 0 Å². The summed E-state index contributed by atoms with van der Waals surface area (Å²) in [5.74, 6) is 2.17. The molecular weight excluding hydrogens is 422 g/mol. The molecule has 2 aliphatic rings. The molecule has 0 aliphatic carbocycles. The number of likely N-dealkylation sites (tertiary alicyclic amines) is 2. The van der Waals surface area contributed by atoms with E-state index in [-0.39, 0.29) is 17.7 Å². The second-order valence-corrected chi connectivity index (χ2v) is 8.80. The Kier molecular flexibility index (Phi) is 5.70. The van der Waals surface area contributed by atoms with Crippen molar-refractivity contribution in [1.82, 2.24) is 24.9 Å². The summed E-state index contributed by atoms with van der Waals surface area (Å²) in [5, 5.41) is 4.10. The molecule has 2 saturated heterocycles. The monoisotopic (exact) mass is 449 g/mol. The van der Waals surface area contributed by atoms with E-state index in [1.165, 1.54) is 0 Å². The predicted molar refractivity (Wildman–Crippen MR) is 118 cm³/mol. The maximum Gasteiger partial charge on any atom is 0.258 e. The van der Waals surface area contributed by atoms with Gasteiger partial charge in [0.1, 0.15) is 17.6 Å². The molecule has 3 aromatic rings. The van der Waals surface area contributed by atoms with Crippen LogP contribution in [0.4, 0.5) is 0 Å². The summed E-state index contributed by atoms with van der Waals surface area (Å²) in [7, 11) is 0. The third-order valence-corrected chi connectivity index (χ3v) is 6.51. The lowest BCUT2D eigenvalue weighted by molar-refractivity contribution is -0.136. The van der Waals surface area contributed by atoms with E-state index in [9.17, 15) is 9.59 Å². The SMILES string of the molecule is Cc1cc(C(=O)N2CCC[C@H]2C(=O)N2CCC[C@H](c3nc(-c4cccnc4)no3)C2)c(C)o1. The molecule has 2 fully saturated rings. The van der Waals surface area contributed by atoms with Gasteiger partial charge in [0.05, 0.1) is 11.5 Å². The Bertz CT molecular complexity index is 1150. The molecule has 2 amide bonds. The van der Waals surface area contributed by atoms with Gasteiger partial charge in [-0.05, 0) is 57.7 Å². The molecule has 5 heterocycles.